The van der Waals surface area contributed by atoms with Crippen LogP contribution in [0.1, 0.15) is 37.8 Å². The van der Waals surface area contributed by atoms with E-state index >= 15 is 0 Å². The Hall–Kier alpha value is -2.76. The number of hydrogen-bond donors (Lipinski definition) is 2. The smallest absolute Gasteiger partial charge is 0.430 e. The Kier molecular flexibility index (Phi) is 7.96. The summed E-state index contributed by atoms with van der Waals surface area (Å²) in [5, 5.41) is 19.7. The summed E-state index contributed by atoms with van der Waals surface area (Å²) in [5.41, 5.74) is -6.13. The fraction of sp³-hybridized carbons (Fsp3) is 0.455. The molecule has 0 atom stereocenters. The van der Waals surface area contributed by atoms with Crippen LogP contribution in [-0.2, 0) is 12.1 Å². The number of aliphatic hydroxyl groups is 1. The number of anilines is 1. The van der Waals surface area contributed by atoms with Crippen molar-refractivity contribution in [2.75, 3.05) is 11.4 Å². The molecule has 12 heteroatoms. The van der Waals surface area contributed by atoms with Gasteiger partial charge in [-0.3, -0.25) is 0 Å². The predicted octanol–water partition coefficient (Wildman–Crippen LogP) is 6.50. The summed E-state index contributed by atoms with van der Waals surface area (Å²) in [6.45, 7) is 2.55. The molecule has 0 aliphatic carbocycles. The van der Waals surface area contributed by atoms with E-state index in [1.165, 1.54) is 4.90 Å². The first-order valence-electron chi connectivity index (χ1n) is 10.1. The standard InChI is InChI=1S/C22H23F8NO3/c1-3-4-11-31(13-14-12-17(9-10-18(14)32)34-19(2,23)24)16-7-5-15(6-8-16)20(33,21(25,26)27)22(28,29)30/h5-10,12,32-33H,3-4,11,13H2,1-2H3. The fourth-order valence-corrected chi connectivity index (χ4v) is 3.21. The maximum absolute atomic E-state index is 13.2. The number of halogens is 8. The van der Waals surface area contributed by atoms with Crippen LogP contribution in [-0.4, -0.2) is 35.2 Å². The zero-order valence-electron chi connectivity index (χ0n) is 18.1. The molecule has 4 nitrogen and oxygen atoms in total. The Morgan fingerprint density at radius 1 is 0.882 bits per heavy atom. The number of ether oxygens (including phenoxy) is 1. The zero-order valence-corrected chi connectivity index (χ0v) is 18.1. The van der Waals surface area contributed by atoms with Gasteiger partial charge in [0.1, 0.15) is 11.5 Å². The summed E-state index contributed by atoms with van der Waals surface area (Å²) in [4.78, 5) is 1.54. The molecule has 0 amide bonds. The first kappa shape index (κ1) is 27.5. The van der Waals surface area contributed by atoms with E-state index in [1.807, 2.05) is 6.92 Å². The van der Waals surface area contributed by atoms with Crippen LogP contribution in [0.5, 0.6) is 11.5 Å². The summed E-state index contributed by atoms with van der Waals surface area (Å²) in [6, 6.07) is 6.40. The van der Waals surface area contributed by atoms with Crippen molar-refractivity contribution in [3.8, 4) is 11.5 Å². The van der Waals surface area contributed by atoms with Gasteiger partial charge < -0.3 is 19.8 Å². The van der Waals surface area contributed by atoms with Crippen molar-refractivity contribution in [3.63, 3.8) is 0 Å². The van der Waals surface area contributed by atoms with Gasteiger partial charge in [-0.25, -0.2) is 0 Å². The Labute approximate surface area is 190 Å². The lowest BCUT2D eigenvalue weighted by molar-refractivity contribution is -0.376. The zero-order chi connectivity index (χ0) is 25.9. The molecule has 34 heavy (non-hydrogen) atoms. The number of hydrogen-bond acceptors (Lipinski definition) is 4. The van der Waals surface area contributed by atoms with Gasteiger partial charge in [0.05, 0.1) is 0 Å². The lowest BCUT2D eigenvalue weighted by Crippen LogP contribution is -2.53. The van der Waals surface area contributed by atoms with E-state index in [4.69, 9.17) is 0 Å². The van der Waals surface area contributed by atoms with Crippen molar-refractivity contribution >= 4 is 5.69 Å². The van der Waals surface area contributed by atoms with Crippen LogP contribution in [0.4, 0.5) is 40.8 Å². The van der Waals surface area contributed by atoms with Crippen molar-refractivity contribution in [2.45, 2.75) is 57.3 Å². The average Bonchev–Trinajstić information content (AvgIpc) is 2.70. The van der Waals surface area contributed by atoms with Crippen LogP contribution in [0.15, 0.2) is 42.5 Å². The number of alkyl halides is 8. The van der Waals surface area contributed by atoms with Gasteiger partial charge in [0.2, 0.25) is 0 Å². The van der Waals surface area contributed by atoms with Crippen LogP contribution in [0.2, 0.25) is 0 Å². The summed E-state index contributed by atoms with van der Waals surface area (Å²) < 4.78 is 110. The summed E-state index contributed by atoms with van der Waals surface area (Å²) in [7, 11) is 0. The monoisotopic (exact) mass is 501 g/mol. The van der Waals surface area contributed by atoms with Crippen molar-refractivity contribution < 1.29 is 50.1 Å². The highest BCUT2D eigenvalue weighted by atomic mass is 19.4. The molecule has 0 spiro atoms. The second-order valence-corrected chi connectivity index (χ2v) is 7.73. The molecule has 0 aliphatic rings. The summed E-state index contributed by atoms with van der Waals surface area (Å²) in [6.07, 6.45) is -14.3. The van der Waals surface area contributed by atoms with Crippen molar-refractivity contribution in [2.24, 2.45) is 0 Å². The first-order valence-corrected chi connectivity index (χ1v) is 10.1. The van der Waals surface area contributed by atoms with Gasteiger partial charge in [0.25, 0.3) is 5.60 Å². The third-order valence-electron chi connectivity index (χ3n) is 4.96. The normalized spacial score (nSPS) is 13.1. The van der Waals surface area contributed by atoms with Gasteiger partial charge in [0, 0.05) is 36.8 Å². The van der Waals surface area contributed by atoms with Gasteiger partial charge in [-0.05, 0) is 36.8 Å². The molecule has 2 N–H and O–H groups in total. The number of unbranched alkanes of at least 4 members (excludes halogenated alkanes) is 1. The third kappa shape index (κ3) is 6.22. The van der Waals surface area contributed by atoms with Gasteiger partial charge >= 0.3 is 18.5 Å². The maximum atomic E-state index is 13.2. The average molecular weight is 501 g/mol. The van der Waals surface area contributed by atoms with Gasteiger partial charge in [0.15, 0.2) is 0 Å². The Bertz CT molecular complexity index is 939. The van der Waals surface area contributed by atoms with Crippen LogP contribution in [0.3, 0.4) is 0 Å². The van der Waals surface area contributed by atoms with Gasteiger partial charge in [-0.15, -0.1) is 0 Å². The minimum Gasteiger partial charge on any atom is -0.508 e. The second kappa shape index (κ2) is 9.85. The molecule has 0 heterocycles. The van der Waals surface area contributed by atoms with E-state index in [9.17, 15) is 45.3 Å². The van der Waals surface area contributed by atoms with Crippen LogP contribution < -0.4 is 9.64 Å². The molecule has 0 bridgehead atoms. The quantitative estimate of drug-likeness (QED) is 0.385. The number of aromatic hydroxyl groups is 1. The van der Waals surface area contributed by atoms with Gasteiger partial charge in [-0.1, -0.05) is 25.5 Å². The molecule has 2 aromatic rings. The molecule has 2 rings (SSSR count). The van der Waals surface area contributed by atoms with Crippen LogP contribution in [0, 0.1) is 0 Å². The molecule has 0 saturated carbocycles. The van der Waals surface area contributed by atoms with Crippen LogP contribution in [0.25, 0.3) is 0 Å². The second-order valence-electron chi connectivity index (χ2n) is 7.73. The molecule has 0 radical (unpaired) electrons. The predicted molar refractivity (Wildman–Crippen MR) is 108 cm³/mol. The number of phenolic OH excluding ortho intramolecular Hbond substituents is 1. The van der Waals surface area contributed by atoms with E-state index in [1.54, 1.807) is 0 Å². The molecule has 0 saturated heterocycles. The Morgan fingerprint density at radius 3 is 1.91 bits per heavy atom. The highest BCUT2D eigenvalue weighted by Crippen LogP contribution is 2.50. The molecular weight excluding hydrogens is 478 g/mol. The van der Waals surface area contributed by atoms with E-state index < -0.39 is 29.6 Å². The fourth-order valence-electron chi connectivity index (χ4n) is 3.21. The number of nitrogens with zero attached hydrogens (tertiary/aromatic N) is 1. The van der Waals surface area contributed by atoms with Gasteiger partial charge in [-0.2, -0.15) is 35.1 Å². The van der Waals surface area contributed by atoms with Crippen molar-refractivity contribution in [1.82, 2.24) is 0 Å². The molecular formula is C22H23F8NO3. The summed E-state index contributed by atoms with van der Waals surface area (Å²) >= 11 is 0. The molecule has 0 unspecified atom stereocenters. The highest BCUT2D eigenvalue weighted by molar-refractivity contribution is 5.51. The van der Waals surface area contributed by atoms with Crippen molar-refractivity contribution in [3.05, 3.63) is 53.6 Å². The van der Waals surface area contributed by atoms with E-state index in [0.29, 0.717) is 31.9 Å². The molecule has 0 aromatic heterocycles. The highest BCUT2D eigenvalue weighted by Gasteiger charge is 2.71. The molecule has 0 fully saturated rings. The summed E-state index contributed by atoms with van der Waals surface area (Å²) in [5.74, 6) is -0.514. The minimum absolute atomic E-state index is 0.111. The molecule has 190 valence electrons. The first-order chi connectivity index (χ1) is 15.5. The third-order valence-corrected chi connectivity index (χ3v) is 4.96. The van der Waals surface area contributed by atoms with E-state index in [-0.39, 0.29) is 35.8 Å². The number of phenols is 1. The largest absolute Gasteiger partial charge is 0.508 e. The van der Waals surface area contributed by atoms with E-state index in [2.05, 4.69) is 4.74 Å². The lowest BCUT2D eigenvalue weighted by Gasteiger charge is -2.33. The minimum atomic E-state index is -6.01. The lowest BCUT2D eigenvalue weighted by atomic mass is 9.92. The topological polar surface area (TPSA) is 52.9 Å². The number of benzene rings is 2. The SMILES string of the molecule is CCCCN(Cc1cc(OC(C)(F)F)ccc1O)c1ccc(C(O)(C(F)(F)F)C(F)(F)F)cc1. The van der Waals surface area contributed by atoms with Crippen LogP contribution >= 0.6 is 0 Å². The maximum Gasteiger partial charge on any atom is 0.430 e. The Morgan fingerprint density at radius 2 is 1.44 bits per heavy atom. The Balaban J connectivity index is 2.41. The molecule has 0 aliphatic heterocycles. The number of rotatable bonds is 9. The molecule has 2 aromatic carbocycles. The van der Waals surface area contributed by atoms with Crippen molar-refractivity contribution in [1.29, 1.82) is 0 Å². The van der Waals surface area contributed by atoms with E-state index in [0.717, 1.165) is 30.3 Å².